The van der Waals surface area contributed by atoms with E-state index in [1.165, 1.54) is 0 Å². The molecule has 3 rings (SSSR count). The van der Waals surface area contributed by atoms with Gasteiger partial charge in [-0.05, 0) is 17.7 Å². The van der Waals surface area contributed by atoms with Gasteiger partial charge in [0, 0.05) is 16.7 Å². The van der Waals surface area contributed by atoms with Gasteiger partial charge in [0.05, 0.1) is 16.3 Å². The lowest BCUT2D eigenvalue weighted by molar-refractivity contribution is 0.141. The molecule has 2 aromatic carbocycles. The van der Waals surface area contributed by atoms with Gasteiger partial charge in [-0.15, -0.1) is 0 Å². The summed E-state index contributed by atoms with van der Waals surface area (Å²) >= 11 is 0. The fourth-order valence-electron chi connectivity index (χ4n) is 2.21. The van der Waals surface area contributed by atoms with Crippen molar-refractivity contribution in [1.82, 2.24) is 15.2 Å². The average molecular weight is 362 g/mol. The number of rotatable bonds is 5. The van der Waals surface area contributed by atoms with Gasteiger partial charge in [-0.1, -0.05) is 42.5 Å². The Balaban J connectivity index is 1.76. The van der Waals surface area contributed by atoms with Crippen LogP contribution in [0.1, 0.15) is 17.8 Å². The van der Waals surface area contributed by atoms with Crippen LogP contribution in [0.4, 0.5) is 8.78 Å². The molecule has 0 saturated heterocycles. The molecule has 0 radical (unpaired) electrons. The lowest BCUT2D eigenvalue weighted by Gasteiger charge is -2.05. The molecule has 1 heterocycles. The summed E-state index contributed by atoms with van der Waals surface area (Å²) in [4.78, 5) is 4.44. The van der Waals surface area contributed by atoms with Gasteiger partial charge in [0.25, 0.3) is 6.43 Å². The van der Waals surface area contributed by atoms with E-state index in [-0.39, 0.29) is 5.82 Å². The molecule has 0 aliphatic heterocycles. The minimum Gasteiger partial charge on any atom is -0.258 e. The lowest BCUT2D eigenvalue weighted by Crippen LogP contribution is -1.98. The van der Waals surface area contributed by atoms with Crippen LogP contribution in [0.5, 0.6) is 0 Å². The summed E-state index contributed by atoms with van der Waals surface area (Å²) in [5, 5.41) is 5.99. The molecule has 0 aliphatic rings. The highest BCUT2D eigenvalue weighted by atomic mass is 32.2. The molecule has 0 aliphatic carbocycles. The Bertz CT molecular complexity index is 962. The second-order valence-electron chi connectivity index (χ2n) is 5.44. The van der Waals surface area contributed by atoms with Crippen molar-refractivity contribution in [3.8, 4) is 11.4 Å². The topological polar surface area (TPSA) is 71.0 Å². The van der Waals surface area contributed by atoms with Crippen molar-refractivity contribution in [2.24, 2.45) is 4.36 Å². The molecule has 25 heavy (non-hydrogen) atoms. The molecule has 0 fully saturated rings. The molecule has 8 heteroatoms. The number of aromatic nitrogens is 3. The molecule has 0 bridgehead atoms. The predicted octanol–water partition coefficient (Wildman–Crippen LogP) is 4.07. The van der Waals surface area contributed by atoms with Crippen LogP contribution in [-0.4, -0.2) is 25.6 Å². The van der Waals surface area contributed by atoms with Crippen molar-refractivity contribution in [3.05, 3.63) is 66.0 Å². The molecule has 0 saturated carbocycles. The minimum atomic E-state index is -2.69. The molecular formula is C17H16F2N4OS. The SMILES string of the molecule is CS(=O)(=NCc1ccc(-c2n[nH]c(C(F)F)n2)cc1)c1ccccc1. The van der Waals surface area contributed by atoms with Gasteiger partial charge in [-0.25, -0.2) is 22.3 Å². The van der Waals surface area contributed by atoms with Crippen LogP contribution in [0.15, 0.2) is 63.9 Å². The van der Waals surface area contributed by atoms with Crippen molar-refractivity contribution in [2.75, 3.05) is 6.26 Å². The van der Waals surface area contributed by atoms with E-state index in [9.17, 15) is 13.0 Å². The van der Waals surface area contributed by atoms with Crippen LogP contribution in [0.2, 0.25) is 0 Å². The minimum absolute atomic E-state index is 0.211. The summed E-state index contributed by atoms with van der Waals surface area (Å²) < 4.78 is 42.0. The number of alkyl halides is 2. The monoisotopic (exact) mass is 362 g/mol. The van der Waals surface area contributed by atoms with E-state index in [0.717, 1.165) is 5.56 Å². The molecule has 0 amide bonds. The van der Waals surface area contributed by atoms with E-state index in [4.69, 9.17) is 0 Å². The van der Waals surface area contributed by atoms with Gasteiger partial charge in [0.1, 0.15) is 0 Å². The average Bonchev–Trinajstić information content (AvgIpc) is 3.12. The number of hydrogen-bond donors (Lipinski definition) is 1. The standard InChI is InChI=1S/C17H16F2N4OS/c1-25(24,14-5-3-2-4-6-14)20-11-12-7-9-13(10-8-12)16-21-17(15(18)19)23-22-16/h2-10,15H,11H2,1H3,(H,21,22,23). The number of H-pyrrole nitrogens is 1. The van der Waals surface area contributed by atoms with Crippen LogP contribution in [0.25, 0.3) is 11.4 Å². The summed E-state index contributed by atoms with van der Waals surface area (Å²) in [5.74, 6) is -0.245. The first-order valence-electron chi connectivity index (χ1n) is 7.48. The van der Waals surface area contributed by atoms with Gasteiger partial charge >= 0.3 is 0 Å². The van der Waals surface area contributed by atoms with Crippen molar-refractivity contribution in [1.29, 1.82) is 0 Å². The fourth-order valence-corrected chi connectivity index (χ4v) is 3.41. The highest BCUT2D eigenvalue weighted by Gasteiger charge is 2.13. The number of nitrogens with zero attached hydrogens (tertiary/aromatic N) is 3. The highest BCUT2D eigenvalue weighted by molar-refractivity contribution is 7.93. The molecule has 1 N–H and O–H groups in total. The van der Waals surface area contributed by atoms with E-state index < -0.39 is 22.0 Å². The van der Waals surface area contributed by atoms with E-state index in [0.29, 0.717) is 17.0 Å². The Labute approximate surface area is 144 Å². The van der Waals surface area contributed by atoms with Crippen molar-refractivity contribution in [3.63, 3.8) is 0 Å². The number of nitrogens with one attached hydrogen (secondary N) is 1. The Hall–Kier alpha value is -2.61. The maximum absolute atomic E-state index is 12.7. The van der Waals surface area contributed by atoms with Crippen molar-refractivity contribution >= 4 is 9.73 Å². The fraction of sp³-hybridized carbons (Fsp3) is 0.176. The van der Waals surface area contributed by atoms with E-state index in [1.54, 1.807) is 42.7 Å². The molecule has 3 aromatic rings. The summed E-state index contributed by atoms with van der Waals surface area (Å²) in [6.07, 6.45) is -1.08. The number of aromatic amines is 1. The van der Waals surface area contributed by atoms with E-state index in [1.807, 2.05) is 18.2 Å². The maximum Gasteiger partial charge on any atom is 0.296 e. The van der Waals surface area contributed by atoms with Crippen LogP contribution < -0.4 is 0 Å². The van der Waals surface area contributed by atoms with Gasteiger partial charge in [-0.2, -0.15) is 5.10 Å². The van der Waals surface area contributed by atoms with Gasteiger partial charge in [-0.3, -0.25) is 5.10 Å². The van der Waals surface area contributed by atoms with Crippen molar-refractivity contribution in [2.45, 2.75) is 17.9 Å². The van der Waals surface area contributed by atoms with E-state index >= 15 is 0 Å². The zero-order valence-electron chi connectivity index (χ0n) is 13.4. The van der Waals surface area contributed by atoms with Gasteiger partial charge < -0.3 is 0 Å². The first-order chi connectivity index (χ1) is 12.0. The molecular weight excluding hydrogens is 346 g/mol. The number of hydrogen-bond acceptors (Lipinski definition) is 4. The lowest BCUT2D eigenvalue weighted by atomic mass is 10.1. The molecule has 1 atom stereocenters. The normalized spacial score (nSPS) is 13.6. The predicted molar refractivity (Wildman–Crippen MR) is 91.7 cm³/mol. The van der Waals surface area contributed by atoms with Gasteiger partial charge in [0.2, 0.25) is 0 Å². The van der Waals surface area contributed by atoms with E-state index in [2.05, 4.69) is 19.5 Å². The molecule has 1 unspecified atom stereocenters. The number of halogens is 2. The van der Waals surface area contributed by atoms with Crippen LogP contribution in [-0.2, 0) is 16.3 Å². The number of benzene rings is 2. The molecule has 5 nitrogen and oxygen atoms in total. The largest absolute Gasteiger partial charge is 0.296 e. The molecule has 130 valence electrons. The Kier molecular flexibility index (Phi) is 4.89. The summed E-state index contributed by atoms with van der Waals surface area (Å²) in [6, 6.07) is 16.1. The highest BCUT2D eigenvalue weighted by Crippen LogP contribution is 2.20. The third-order valence-electron chi connectivity index (χ3n) is 3.60. The Morgan fingerprint density at radius 1 is 1.12 bits per heavy atom. The second-order valence-corrected chi connectivity index (χ2v) is 7.78. The second kappa shape index (κ2) is 7.10. The van der Waals surface area contributed by atoms with Crippen LogP contribution in [0, 0.1) is 0 Å². The Morgan fingerprint density at radius 3 is 2.40 bits per heavy atom. The van der Waals surface area contributed by atoms with Crippen LogP contribution >= 0.6 is 0 Å². The summed E-state index contributed by atoms with van der Waals surface area (Å²) in [7, 11) is -2.46. The summed E-state index contributed by atoms with van der Waals surface area (Å²) in [6.45, 7) is 0.292. The maximum atomic E-state index is 12.7. The third-order valence-corrected chi connectivity index (χ3v) is 5.36. The smallest absolute Gasteiger partial charge is 0.258 e. The molecule has 0 spiro atoms. The molecule has 1 aromatic heterocycles. The zero-order chi connectivity index (χ0) is 17.9. The van der Waals surface area contributed by atoms with Crippen LogP contribution in [0.3, 0.4) is 0 Å². The zero-order valence-corrected chi connectivity index (χ0v) is 14.2. The quantitative estimate of drug-likeness (QED) is 0.744. The summed E-state index contributed by atoms with van der Waals surface area (Å²) in [5.41, 5.74) is 1.48. The third kappa shape index (κ3) is 4.08. The van der Waals surface area contributed by atoms with Gasteiger partial charge in [0.15, 0.2) is 11.6 Å². The first kappa shape index (κ1) is 17.2. The first-order valence-corrected chi connectivity index (χ1v) is 9.41. The Morgan fingerprint density at radius 2 is 1.80 bits per heavy atom. The van der Waals surface area contributed by atoms with Crippen molar-refractivity contribution < 1.29 is 13.0 Å².